The van der Waals surface area contributed by atoms with Crippen LogP contribution in [-0.4, -0.2) is 40.6 Å². The molecular weight excluding hydrogens is 584 g/mol. The Bertz CT molecular complexity index is 1720. The first kappa shape index (κ1) is 30.4. The summed E-state index contributed by atoms with van der Waals surface area (Å²) in [6.07, 6.45) is -3.59. The number of carbonyl (C=O) groups excluding carboxylic acids is 2. The molecule has 0 bridgehead atoms. The van der Waals surface area contributed by atoms with Gasteiger partial charge in [-0.25, -0.2) is 4.39 Å². The summed E-state index contributed by atoms with van der Waals surface area (Å²) in [5.74, 6) is -3.73. The van der Waals surface area contributed by atoms with Crippen molar-refractivity contribution in [1.29, 1.82) is 0 Å². The summed E-state index contributed by atoms with van der Waals surface area (Å²) in [5, 5.41) is 9.08. The Morgan fingerprint density at radius 1 is 1.10 bits per heavy atom. The van der Waals surface area contributed by atoms with Crippen LogP contribution in [0.2, 0.25) is 5.02 Å². The molecule has 4 aromatic rings. The predicted octanol–water partition coefficient (Wildman–Crippen LogP) is 5.51. The van der Waals surface area contributed by atoms with E-state index >= 15 is 0 Å². The van der Waals surface area contributed by atoms with Crippen LogP contribution in [0.3, 0.4) is 0 Å². The highest BCUT2D eigenvalue weighted by Crippen LogP contribution is 2.39. The number of benzene rings is 2. The normalized spacial score (nSPS) is 12.2. The number of halogens is 5. The molecule has 0 saturated carbocycles. The summed E-state index contributed by atoms with van der Waals surface area (Å²) in [5.41, 5.74) is -0.110. The van der Waals surface area contributed by atoms with Crippen LogP contribution in [0, 0.1) is 5.82 Å². The molecule has 1 N–H and O–H groups in total. The van der Waals surface area contributed by atoms with E-state index in [1.807, 2.05) is 0 Å². The molecule has 0 aliphatic heterocycles. The maximum atomic E-state index is 14.4. The first-order chi connectivity index (χ1) is 19.9. The van der Waals surface area contributed by atoms with Crippen LogP contribution in [0.4, 0.5) is 17.6 Å². The van der Waals surface area contributed by atoms with Crippen molar-refractivity contribution in [2.75, 3.05) is 14.2 Å². The number of rotatable bonds is 9. The van der Waals surface area contributed by atoms with Crippen LogP contribution in [0.1, 0.15) is 41.2 Å². The lowest BCUT2D eigenvalue weighted by molar-refractivity contribution is -0.157. The monoisotopic (exact) mass is 606 g/mol. The largest absolute Gasteiger partial charge is 0.495 e. The molecule has 0 radical (unpaired) electrons. The molecule has 2 heterocycles. The number of Topliss-reactive ketones (excluding diaryl/α,β-unsaturated/α-hetero) is 1. The van der Waals surface area contributed by atoms with E-state index < -0.39 is 47.1 Å². The lowest BCUT2D eigenvalue weighted by Crippen LogP contribution is -2.30. The van der Waals surface area contributed by atoms with Gasteiger partial charge in [0.2, 0.25) is 5.89 Å². The molecule has 2 aromatic heterocycles. The van der Waals surface area contributed by atoms with Gasteiger partial charge in [0.05, 0.1) is 24.9 Å². The van der Waals surface area contributed by atoms with E-state index in [9.17, 15) is 31.9 Å². The Kier molecular flexibility index (Phi) is 8.81. The number of methoxy groups -OCH3 is 1. The van der Waals surface area contributed by atoms with E-state index in [1.165, 1.54) is 55.3 Å². The van der Waals surface area contributed by atoms with Gasteiger partial charge in [0.15, 0.2) is 5.78 Å². The van der Waals surface area contributed by atoms with Gasteiger partial charge in [-0.1, -0.05) is 24.6 Å². The molecule has 14 heteroatoms. The minimum Gasteiger partial charge on any atom is -0.495 e. The van der Waals surface area contributed by atoms with Crippen molar-refractivity contribution in [2.45, 2.75) is 32.0 Å². The molecule has 0 spiro atoms. The third-order valence-corrected chi connectivity index (χ3v) is 6.65. The predicted molar refractivity (Wildman–Crippen MR) is 144 cm³/mol. The van der Waals surface area contributed by atoms with Crippen molar-refractivity contribution >= 4 is 23.3 Å². The van der Waals surface area contributed by atoms with E-state index in [4.69, 9.17) is 20.8 Å². The summed E-state index contributed by atoms with van der Waals surface area (Å²) >= 11 is 6.17. The number of ketones is 1. The van der Waals surface area contributed by atoms with Crippen LogP contribution >= 0.6 is 11.6 Å². The van der Waals surface area contributed by atoms with Crippen molar-refractivity contribution in [3.05, 3.63) is 86.9 Å². The molecule has 9 nitrogen and oxygen atoms in total. The van der Waals surface area contributed by atoms with Crippen LogP contribution in [0.15, 0.2) is 57.9 Å². The molecule has 0 fully saturated rings. The van der Waals surface area contributed by atoms with Crippen molar-refractivity contribution in [3.8, 4) is 28.3 Å². The van der Waals surface area contributed by atoms with E-state index in [0.29, 0.717) is 5.56 Å². The maximum absolute atomic E-state index is 14.4. The van der Waals surface area contributed by atoms with Gasteiger partial charge in [-0.3, -0.25) is 14.4 Å². The highest BCUT2D eigenvalue weighted by molar-refractivity contribution is 6.31. The maximum Gasteiger partial charge on any atom is 0.470 e. The zero-order valence-electron chi connectivity index (χ0n) is 22.4. The number of nitrogens with zero attached hydrogens (tertiary/aromatic N) is 3. The Balaban J connectivity index is 1.72. The number of pyridine rings is 1. The smallest absolute Gasteiger partial charge is 0.470 e. The first-order valence-corrected chi connectivity index (χ1v) is 12.8. The minimum absolute atomic E-state index is 0.0585. The summed E-state index contributed by atoms with van der Waals surface area (Å²) in [6.45, 7) is 1.69. The van der Waals surface area contributed by atoms with Crippen molar-refractivity contribution in [2.24, 2.45) is 0 Å². The van der Waals surface area contributed by atoms with Crippen LogP contribution in [0.25, 0.3) is 22.6 Å². The van der Waals surface area contributed by atoms with Crippen molar-refractivity contribution < 1.29 is 36.3 Å². The molecule has 0 aliphatic rings. The van der Waals surface area contributed by atoms with Gasteiger partial charge in [-0.05, 0) is 47.9 Å². The minimum atomic E-state index is -4.87. The summed E-state index contributed by atoms with van der Waals surface area (Å²) < 4.78 is 65.1. The number of alkyl halides is 3. The van der Waals surface area contributed by atoms with E-state index in [1.54, 1.807) is 6.92 Å². The lowest BCUT2D eigenvalue weighted by atomic mass is 9.98. The highest BCUT2D eigenvalue weighted by Gasteiger charge is 2.38. The third-order valence-electron chi connectivity index (χ3n) is 6.41. The van der Waals surface area contributed by atoms with Crippen LogP contribution in [0.5, 0.6) is 5.75 Å². The first-order valence-electron chi connectivity index (χ1n) is 12.4. The van der Waals surface area contributed by atoms with Crippen LogP contribution in [-0.2, 0) is 17.4 Å². The van der Waals surface area contributed by atoms with Gasteiger partial charge in [0.25, 0.3) is 11.5 Å². The van der Waals surface area contributed by atoms with Gasteiger partial charge in [-0.2, -0.15) is 13.2 Å². The number of hydrogen-bond donors (Lipinski definition) is 1. The molecule has 0 aliphatic carbocycles. The van der Waals surface area contributed by atoms with Gasteiger partial charge in [-0.15, -0.1) is 10.2 Å². The second-order valence-electron chi connectivity index (χ2n) is 9.06. The standard InChI is InChI=1S/C28H23ClF4N4O5/c1-4-21(22(38)10-14-5-7-17(20(30)9-14)25(40)34-2)37-13-23(41-3)19(12-24(37)39)18-11-15(29)6-8-16(18)26-35-36-27(42-26)28(31,32)33/h5-9,11-13,21H,4,10H2,1-3H3,(H,34,40). The zero-order chi connectivity index (χ0) is 30.8. The fourth-order valence-corrected chi connectivity index (χ4v) is 4.58. The average molecular weight is 607 g/mol. The number of hydrogen-bond acceptors (Lipinski definition) is 7. The third kappa shape index (κ3) is 6.20. The Labute approximate surface area is 241 Å². The Hall–Kier alpha value is -4.52. The summed E-state index contributed by atoms with van der Waals surface area (Å²) in [7, 11) is 2.68. The molecule has 1 unspecified atom stereocenters. The van der Waals surface area contributed by atoms with Gasteiger partial charge >= 0.3 is 12.1 Å². The average Bonchev–Trinajstić information content (AvgIpc) is 3.45. The molecule has 220 valence electrons. The topological polar surface area (TPSA) is 116 Å². The second-order valence-corrected chi connectivity index (χ2v) is 9.50. The zero-order valence-corrected chi connectivity index (χ0v) is 23.1. The van der Waals surface area contributed by atoms with E-state index in [0.717, 1.165) is 12.1 Å². The van der Waals surface area contributed by atoms with Gasteiger partial charge in [0, 0.05) is 35.7 Å². The lowest BCUT2D eigenvalue weighted by Gasteiger charge is -2.20. The molecule has 0 saturated heterocycles. The van der Waals surface area contributed by atoms with E-state index in [2.05, 4.69) is 15.5 Å². The number of ether oxygens (including phenoxy) is 1. The van der Waals surface area contributed by atoms with Crippen molar-refractivity contribution in [3.63, 3.8) is 0 Å². The number of aromatic nitrogens is 3. The fraction of sp³-hybridized carbons (Fsp3) is 0.250. The second kappa shape index (κ2) is 12.1. The SMILES string of the molecule is CCC(C(=O)Cc1ccc(C(=O)NC)c(F)c1)n1cc(OC)c(-c2cc(Cl)ccc2-c2nnc(C(F)(F)F)o2)cc1=O. The molecule has 1 amide bonds. The van der Waals surface area contributed by atoms with E-state index in [-0.39, 0.29) is 45.9 Å². The quantitative estimate of drug-likeness (QED) is 0.250. The Morgan fingerprint density at radius 2 is 1.83 bits per heavy atom. The Morgan fingerprint density at radius 3 is 2.43 bits per heavy atom. The fourth-order valence-electron chi connectivity index (χ4n) is 4.40. The highest BCUT2D eigenvalue weighted by atomic mass is 35.5. The molecule has 2 aromatic carbocycles. The number of amides is 1. The van der Waals surface area contributed by atoms with Gasteiger partial charge in [0.1, 0.15) is 11.6 Å². The molecule has 42 heavy (non-hydrogen) atoms. The van der Waals surface area contributed by atoms with Gasteiger partial charge < -0.3 is 19.0 Å². The molecule has 1 atom stereocenters. The number of carbonyl (C=O) groups is 2. The van der Waals surface area contributed by atoms with Crippen molar-refractivity contribution in [1.82, 2.24) is 20.1 Å². The molecular formula is C28H23ClF4N4O5. The molecule has 4 rings (SSSR count). The van der Waals surface area contributed by atoms with Crippen LogP contribution < -0.4 is 15.6 Å². The summed E-state index contributed by atoms with van der Waals surface area (Å²) in [4.78, 5) is 38.4. The number of nitrogens with one attached hydrogen (secondary N) is 1. The summed E-state index contributed by atoms with van der Waals surface area (Å²) in [6, 6.07) is 8.16.